The number of nitrogens with zero attached hydrogens (tertiary/aromatic N) is 1. The Labute approximate surface area is 141 Å². The van der Waals surface area contributed by atoms with Crippen molar-refractivity contribution in [2.45, 2.75) is 50.7 Å². The Hall–Kier alpha value is -2.55. The fourth-order valence-electron chi connectivity index (χ4n) is 2.93. The SMILES string of the molecule is COC(=O)C1(NC(=O)C(C)Oc2ccc(C#N)cc2)CCCCC1. The van der Waals surface area contributed by atoms with Gasteiger partial charge in [-0.1, -0.05) is 19.3 Å². The quantitative estimate of drug-likeness (QED) is 0.837. The molecule has 1 unspecified atom stereocenters. The minimum absolute atomic E-state index is 0.355. The zero-order valence-electron chi connectivity index (χ0n) is 14.0. The zero-order chi connectivity index (χ0) is 17.6. The highest BCUT2D eigenvalue weighted by atomic mass is 16.5. The van der Waals surface area contributed by atoms with Gasteiger partial charge in [0.15, 0.2) is 6.10 Å². The number of nitrogens with one attached hydrogen (secondary N) is 1. The van der Waals surface area contributed by atoms with Crippen LogP contribution in [0.5, 0.6) is 5.75 Å². The third kappa shape index (κ3) is 4.05. The number of nitriles is 1. The van der Waals surface area contributed by atoms with Crippen molar-refractivity contribution in [1.29, 1.82) is 5.26 Å². The summed E-state index contributed by atoms with van der Waals surface area (Å²) in [6.07, 6.45) is 3.19. The van der Waals surface area contributed by atoms with Gasteiger partial charge in [0, 0.05) is 0 Å². The third-order valence-corrected chi connectivity index (χ3v) is 4.31. The van der Waals surface area contributed by atoms with Crippen LogP contribution in [-0.4, -0.2) is 30.6 Å². The van der Waals surface area contributed by atoms with Crippen LogP contribution in [0.25, 0.3) is 0 Å². The van der Waals surface area contributed by atoms with Gasteiger partial charge in [0.1, 0.15) is 11.3 Å². The van der Waals surface area contributed by atoms with Gasteiger partial charge in [0.05, 0.1) is 18.7 Å². The standard InChI is InChI=1S/C18H22N2O4/c1-13(24-15-8-6-14(12-19)7-9-15)16(21)20-18(17(22)23-2)10-4-3-5-11-18/h6-9,13H,3-5,10-11H2,1-2H3,(H,20,21). The summed E-state index contributed by atoms with van der Waals surface area (Å²) in [4.78, 5) is 24.6. The number of benzene rings is 1. The monoisotopic (exact) mass is 330 g/mol. The number of rotatable bonds is 5. The fourth-order valence-corrected chi connectivity index (χ4v) is 2.93. The van der Waals surface area contributed by atoms with Crippen molar-refractivity contribution >= 4 is 11.9 Å². The molecule has 1 aromatic carbocycles. The first-order valence-electron chi connectivity index (χ1n) is 8.08. The molecule has 1 saturated carbocycles. The molecule has 128 valence electrons. The molecular weight excluding hydrogens is 308 g/mol. The van der Waals surface area contributed by atoms with E-state index < -0.39 is 17.6 Å². The molecule has 0 saturated heterocycles. The molecule has 0 bridgehead atoms. The molecule has 1 N–H and O–H groups in total. The predicted octanol–water partition coefficient (Wildman–Crippen LogP) is 2.32. The van der Waals surface area contributed by atoms with Gasteiger partial charge in [-0.3, -0.25) is 4.79 Å². The topological polar surface area (TPSA) is 88.4 Å². The summed E-state index contributed by atoms with van der Waals surface area (Å²) in [5.41, 5.74) is -0.432. The predicted molar refractivity (Wildman–Crippen MR) is 87.2 cm³/mol. The molecule has 6 heteroatoms. The second-order valence-electron chi connectivity index (χ2n) is 6.02. The Morgan fingerprint density at radius 1 is 1.21 bits per heavy atom. The smallest absolute Gasteiger partial charge is 0.331 e. The number of hydrogen-bond acceptors (Lipinski definition) is 5. The van der Waals surface area contributed by atoms with Crippen LogP contribution in [0.2, 0.25) is 0 Å². The molecule has 1 fully saturated rings. The van der Waals surface area contributed by atoms with Gasteiger partial charge in [-0.05, 0) is 44.0 Å². The van der Waals surface area contributed by atoms with E-state index in [-0.39, 0.29) is 5.91 Å². The molecule has 1 atom stereocenters. The van der Waals surface area contributed by atoms with E-state index in [0.717, 1.165) is 19.3 Å². The lowest BCUT2D eigenvalue weighted by atomic mass is 9.81. The highest BCUT2D eigenvalue weighted by Crippen LogP contribution is 2.29. The maximum atomic E-state index is 12.5. The lowest BCUT2D eigenvalue weighted by molar-refractivity contribution is -0.153. The van der Waals surface area contributed by atoms with Gasteiger partial charge in [-0.25, -0.2) is 4.79 Å². The maximum Gasteiger partial charge on any atom is 0.331 e. The number of carbonyl (C=O) groups excluding carboxylic acids is 2. The summed E-state index contributed by atoms with van der Waals surface area (Å²) in [7, 11) is 1.33. The zero-order valence-corrected chi connectivity index (χ0v) is 14.0. The molecule has 1 aliphatic rings. The lowest BCUT2D eigenvalue weighted by Crippen LogP contribution is -2.58. The first-order valence-corrected chi connectivity index (χ1v) is 8.08. The number of carbonyl (C=O) groups is 2. The van der Waals surface area contributed by atoms with Crippen LogP contribution in [-0.2, 0) is 14.3 Å². The minimum atomic E-state index is -0.952. The lowest BCUT2D eigenvalue weighted by Gasteiger charge is -2.35. The van der Waals surface area contributed by atoms with Gasteiger partial charge < -0.3 is 14.8 Å². The van der Waals surface area contributed by atoms with Crippen molar-refractivity contribution in [2.75, 3.05) is 7.11 Å². The molecule has 0 spiro atoms. The van der Waals surface area contributed by atoms with Crippen LogP contribution >= 0.6 is 0 Å². The van der Waals surface area contributed by atoms with Crippen LogP contribution in [0.1, 0.15) is 44.6 Å². The van der Waals surface area contributed by atoms with Crippen LogP contribution in [0.4, 0.5) is 0 Å². The number of esters is 1. The molecule has 0 heterocycles. The Balaban J connectivity index is 2.03. The second-order valence-corrected chi connectivity index (χ2v) is 6.02. The van der Waals surface area contributed by atoms with Crippen molar-refractivity contribution in [3.63, 3.8) is 0 Å². The summed E-state index contributed by atoms with van der Waals surface area (Å²) < 4.78 is 10.5. The van der Waals surface area contributed by atoms with E-state index >= 15 is 0 Å². The number of hydrogen-bond donors (Lipinski definition) is 1. The van der Waals surface area contributed by atoms with Gasteiger partial charge in [-0.15, -0.1) is 0 Å². The van der Waals surface area contributed by atoms with Crippen LogP contribution in [0.15, 0.2) is 24.3 Å². The molecule has 24 heavy (non-hydrogen) atoms. The van der Waals surface area contributed by atoms with Crippen LogP contribution in [0, 0.1) is 11.3 Å². The normalized spacial score (nSPS) is 17.2. The molecule has 2 rings (SSSR count). The van der Waals surface area contributed by atoms with E-state index in [1.807, 2.05) is 6.07 Å². The van der Waals surface area contributed by atoms with E-state index in [0.29, 0.717) is 24.2 Å². The summed E-state index contributed by atoms with van der Waals surface area (Å²) in [5, 5.41) is 11.6. The highest BCUT2D eigenvalue weighted by Gasteiger charge is 2.42. The van der Waals surface area contributed by atoms with Crippen LogP contribution in [0.3, 0.4) is 0 Å². The van der Waals surface area contributed by atoms with Gasteiger partial charge in [-0.2, -0.15) is 5.26 Å². The Morgan fingerprint density at radius 3 is 2.38 bits per heavy atom. The average Bonchev–Trinajstić information content (AvgIpc) is 2.62. The Morgan fingerprint density at radius 2 is 1.83 bits per heavy atom. The van der Waals surface area contributed by atoms with E-state index in [9.17, 15) is 9.59 Å². The fraction of sp³-hybridized carbons (Fsp3) is 0.500. The Kier molecular flexibility index (Phi) is 5.80. The first kappa shape index (κ1) is 17.8. The van der Waals surface area contributed by atoms with Crippen LogP contribution < -0.4 is 10.1 Å². The van der Waals surface area contributed by atoms with Crippen molar-refractivity contribution in [2.24, 2.45) is 0 Å². The summed E-state index contributed by atoms with van der Waals surface area (Å²) in [6.45, 7) is 1.63. The highest BCUT2D eigenvalue weighted by molar-refractivity contribution is 5.90. The molecular formula is C18H22N2O4. The van der Waals surface area contributed by atoms with Crippen molar-refractivity contribution < 1.29 is 19.1 Å². The van der Waals surface area contributed by atoms with Crippen molar-refractivity contribution in [3.05, 3.63) is 29.8 Å². The van der Waals surface area contributed by atoms with Gasteiger partial charge in [0.25, 0.3) is 5.91 Å². The van der Waals surface area contributed by atoms with Gasteiger partial charge in [0.2, 0.25) is 0 Å². The second kappa shape index (κ2) is 7.82. The molecule has 1 aliphatic carbocycles. The summed E-state index contributed by atoms with van der Waals surface area (Å²) >= 11 is 0. The van der Waals surface area contributed by atoms with Crippen molar-refractivity contribution in [1.82, 2.24) is 5.32 Å². The third-order valence-electron chi connectivity index (χ3n) is 4.31. The Bertz CT molecular complexity index is 627. The number of amides is 1. The number of methoxy groups -OCH3 is 1. The summed E-state index contributed by atoms with van der Waals surface area (Å²) in [5.74, 6) is -0.264. The van der Waals surface area contributed by atoms with E-state index in [1.54, 1.807) is 31.2 Å². The summed E-state index contributed by atoms with van der Waals surface area (Å²) in [6, 6.07) is 8.54. The molecule has 0 aliphatic heterocycles. The van der Waals surface area contributed by atoms with E-state index in [2.05, 4.69) is 5.32 Å². The van der Waals surface area contributed by atoms with E-state index in [1.165, 1.54) is 7.11 Å². The molecule has 1 amide bonds. The molecule has 0 aromatic heterocycles. The van der Waals surface area contributed by atoms with Crippen molar-refractivity contribution in [3.8, 4) is 11.8 Å². The average molecular weight is 330 g/mol. The molecule has 1 aromatic rings. The minimum Gasteiger partial charge on any atom is -0.481 e. The first-order chi connectivity index (χ1) is 11.5. The van der Waals surface area contributed by atoms with Gasteiger partial charge >= 0.3 is 5.97 Å². The molecule has 0 radical (unpaired) electrons. The maximum absolute atomic E-state index is 12.5. The van der Waals surface area contributed by atoms with E-state index in [4.69, 9.17) is 14.7 Å². The number of ether oxygens (including phenoxy) is 2. The molecule has 6 nitrogen and oxygen atoms in total. The largest absolute Gasteiger partial charge is 0.481 e.